The second-order valence-electron chi connectivity index (χ2n) is 2.44. The van der Waals surface area contributed by atoms with Crippen molar-refractivity contribution in [2.45, 2.75) is 19.8 Å². The molecule has 0 atom stereocenters. The summed E-state index contributed by atoms with van der Waals surface area (Å²) < 4.78 is 4.74. The summed E-state index contributed by atoms with van der Waals surface area (Å²) in [6.45, 7) is 2.44. The van der Waals surface area contributed by atoms with Crippen molar-refractivity contribution in [3.05, 3.63) is 23.8 Å². The molecule has 0 aromatic carbocycles. The van der Waals surface area contributed by atoms with Crippen molar-refractivity contribution < 1.29 is 9.53 Å². The van der Waals surface area contributed by atoms with Gasteiger partial charge >= 0.3 is 5.97 Å². The molecule has 11 heavy (non-hydrogen) atoms. The van der Waals surface area contributed by atoms with E-state index >= 15 is 0 Å². The standard InChI is InChI=1S/C9H12O2/c1-2-3-4-5-8-6-7-11-9(8)10/h2-3,6H,4-5,7H2,1H3/b3-2+. The van der Waals surface area contributed by atoms with E-state index in [0.717, 1.165) is 18.4 Å². The minimum absolute atomic E-state index is 0.144. The van der Waals surface area contributed by atoms with Crippen LogP contribution in [0.15, 0.2) is 23.8 Å². The molecule has 0 aromatic rings. The molecule has 0 unspecified atom stereocenters. The number of ether oxygens (including phenoxy) is 1. The first-order valence-corrected chi connectivity index (χ1v) is 3.82. The van der Waals surface area contributed by atoms with E-state index in [-0.39, 0.29) is 5.97 Å². The second-order valence-corrected chi connectivity index (χ2v) is 2.44. The molecule has 0 amide bonds. The Morgan fingerprint density at radius 3 is 3.09 bits per heavy atom. The molecule has 0 bridgehead atoms. The maximum absolute atomic E-state index is 10.9. The summed E-state index contributed by atoms with van der Waals surface area (Å²) in [6, 6.07) is 0. The van der Waals surface area contributed by atoms with Crippen LogP contribution >= 0.6 is 0 Å². The van der Waals surface area contributed by atoms with Gasteiger partial charge in [0.15, 0.2) is 0 Å². The van der Waals surface area contributed by atoms with Gasteiger partial charge in [0.05, 0.1) is 0 Å². The molecule has 0 saturated carbocycles. The molecule has 0 saturated heterocycles. The molecule has 2 nitrogen and oxygen atoms in total. The van der Waals surface area contributed by atoms with Crippen LogP contribution in [-0.4, -0.2) is 12.6 Å². The third-order valence-corrected chi connectivity index (χ3v) is 1.62. The van der Waals surface area contributed by atoms with Gasteiger partial charge in [0.1, 0.15) is 6.61 Å². The summed E-state index contributed by atoms with van der Waals surface area (Å²) in [6.07, 6.45) is 7.62. The second kappa shape index (κ2) is 3.96. The van der Waals surface area contributed by atoms with E-state index in [4.69, 9.17) is 4.74 Å². The summed E-state index contributed by atoms with van der Waals surface area (Å²) in [5.41, 5.74) is 0.822. The molecule has 60 valence electrons. The highest BCUT2D eigenvalue weighted by atomic mass is 16.5. The van der Waals surface area contributed by atoms with Crippen molar-refractivity contribution in [1.82, 2.24) is 0 Å². The molecule has 1 heterocycles. The number of esters is 1. The Bertz CT molecular complexity index is 202. The van der Waals surface area contributed by atoms with E-state index in [0.29, 0.717) is 6.61 Å². The SMILES string of the molecule is C/C=C/CCC1=CCOC1=O. The fourth-order valence-electron chi connectivity index (χ4n) is 1.00. The zero-order valence-electron chi connectivity index (χ0n) is 6.67. The maximum atomic E-state index is 10.9. The summed E-state index contributed by atoms with van der Waals surface area (Å²) in [5.74, 6) is -0.144. The Morgan fingerprint density at radius 1 is 1.73 bits per heavy atom. The Hall–Kier alpha value is -1.05. The van der Waals surface area contributed by atoms with Crippen LogP contribution in [0.4, 0.5) is 0 Å². The van der Waals surface area contributed by atoms with Crippen molar-refractivity contribution >= 4 is 5.97 Å². The number of hydrogen-bond acceptors (Lipinski definition) is 2. The molecule has 0 aliphatic carbocycles. The normalized spacial score (nSPS) is 17.2. The average molecular weight is 152 g/mol. The summed E-state index contributed by atoms with van der Waals surface area (Å²) in [7, 11) is 0. The van der Waals surface area contributed by atoms with Gasteiger partial charge in [0.2, 0.25) is 0 Å². The Kier molecular flexibility index (Phi) is 2.90. The van der Waals surface area contributed by atoms with Gasteiger partial charge in [-0.1, -0.05) is 12.2 Å². The number of carbonyl (C=O) groups is 1. The molecular weight excluding hydrogens is 140 g/mol. The van der Waals surface area contributed by atoms with Crippen LogP contribution < -0.4 is 0 Å². The van der Waals surface area contributed by atoms with Crippen LogP contribution in [0.25, 0.3) is 0 Å². The fourth-order valence-corrected chi connectivity index (χ4v) is 1.00. The van der Waals surface area contributed by atoms with Gasteiger partial charge in [-0.3, -0.25) is 0 Å². The molecular formula is C9H12O2. The van der Waals surface area contributed by atoms with Crippen LogP contribution in [0.5, 0.6) is 0 Å². The van der Waals surface area contributed by atoms with Crippen molar-refractivity contribution in [2.75, 3.05) is 6.61 Å². The lowest BCUT2D eigenvalue weighted by molar-refractivity contribution is -0.136. The van der Waals surface area contributed by atoms with Gasteiger partial charge in [-0.15, -0.1) is 0 Å². The van der Waals surface area contributed by atoms with Gasteiger partial charge in [-0.25, -0.2) is 4.79 Å². The van der Waals surface area contributed by atoms with E-state index in [9.17, 15) is 4.79 Å². The predicted octanol–water partition coefficient (Wildman–Crippen LogP) is 1.83. The molecule has 0 N–H and O–H groups in total. The van der Waals surface area contributed by atoms with E-state index in [2.05, 4.69) is 0 Å². The highest BCUT2D eigenvalue weighted by Crippen LogP contribution is 2.12. The van der Waals surface area contributed by atoms with Crippen molar-refractivity contribution in [2.24, 2.45) is 0 Å². The molecule has 0 spiro atoms. The molecule has 0 aromatic heterocycles. The Balaban J connectivity index is 2.31. The summed E-state index contributed by atoms with van der Waals surface area (Å²) in [4.78, 5) is 10.9. The smallest absolute Gasteiger partial charge is 0.334 e. The minimum Gasteiger partial charge on any atom is -0.458 e. The van der Waals surface area contributed by atoms with Crippen molar-refractivity contribution in [3.63, 3.8) is 0 Å². The first kappa shape index (κ1) is 8.05. The van der Waals surface area contributed by atoms with E-state index in [1.807, 2.05) is 25.2 Å². The molecule has 0 radical (unpaired) electrons. The predicted molar refractivity (Wildman–Crippen MR) is 43.1 cm³/mol. The summed E-state index contributed by atoms with van der Waals surface area (Å²) in [5, 5.41) is 0. The van der Waals surface area contributed by atoms with Crippen molar-refractivity contribution in [1.29, 1.82) is 0 Å². The zero-order chi connectivity index (χ0) is 8.10. The van der Waals surface area contributed by atoms with Gasteiger partial charge in [-0.2, -0.15) is 0 Å². The van der Waals surface area contributed by atoms with Crippen LogP contribution in [0.2, 0.25) is 0 Å². The molecule has 0 fully saturated rings. The molecule has 1 aliphatic rings. The highest BCUT2D eigenvalue weighted by molar-refractivity contribution is 5.90. The molecule has 2 heteroatoms. The minimum atomic E-state index is -0.144. The van der Waals surface area contributed by atoms with Gasteiger partial charge in [-0.05, 0) is 25.8 Å². The maximum Gasteiger partial charge on any atom is 0.334 e. The first-order chi connectivity index (χ1) is 5.34. The lowest BCUT2D eigenvalue weighted by Crippen LogP contribution is -1.98. The molecule has 1 rings (SSSR count). The fraction of sp³-hybridized carbons (Fsp3) is 0.444. The average Bonchev–Trinajstić information content (AvgIpc) is 2.37. The molecule has 1 aliphatic heterocycles. The highest BCUT2D eigenvalue weighted by Gasteiger charge is 2.14. The number of rotatable bonds is 3. The van der Waals surface area contributed by atoms with Crippen LogP contribution in [0, 0.1) is 0 Å². The largest absolute Gasteiger partial charge is 0.458 e. The number of cyclic esters (lactones) is 1. The Morgan fingerprint density at radius 2 is 2.55 bits per heavy atom. The van der Waals surface area contributed by atoms with Gasteiger partial charge < -0.3 is 4.74 Å². The summed E-state index contributed by atoms with van der Waals surface area (Å²) >= 11 is 0. The third-order valence-electron chi connectivity index (χ3n) is 1.62. The van der Waals surface area contributed by atoms with Gasteiger partial charge in [0, 0.05) is 5.57 Å². The van der Waals surface area contributed by atoms with Crippen molar-refractivity contribution in [3.8, 4) is 0 Å². The first-order valence-electron chi connectivity index (χ1n) is 3.82. The lowest BCUT2D eigenvalue weighted by Gasteiger charge is -1.94. The Labute approximate surface area is 66.5 Å². The quantitative estimate of drug-likeness (QED) is 0.455. The lowest BCUT2D eigenvalue weighted by atomic mass is 10.1. The number of hydrogen-bond donors (Lipinski definition) is 0. The van der Waals surface area contributed by atoms with E-state index in [1.54, 1.807) is 0 Å². The topological polar surface area (TPSA) is 26.3 Å². The number of allylic oxidation sites excluding steroid dienone is 2. The van der Waals surface area contributed by atoms with Gasteiger partial charge in [0.25, 0.3) is 0 Å². The van der Waals surface area contributed by atoms with E-state index in [1.165, 1.54) is 0 Å². The van der Waals surface area contributed by atoms with Crippen LogP contribution in [0.3, 0.4) is 0 Å². The zero-order valence-corrected chi connectivity index (χ0v) is 6.67. The van der Waals surface area contributed by atoms with Crippen LogP contribution in [0.1, 0.15) is 19.8 Å². The van der Waals surface area contributed by atoms with E-state index < -0.39 is 0 Å². The third kappa shape index (κ3) is 2.22. The van der Waals surface area contributed by atoms with Crippen LogP contribution in [-0.2, 0) is 9.53 Å². The number of carbonyl (C=O) groups excluding carboxylic acids is 1. The monoisotopic (exact) mass is 152 g/mol.